The van der Waals surface area contributed by atoms with Gasteiger partial charge >= 0.3 is 0 Å². The van der Waals surface area contributed by atoms with Crippen LogP contribution < -0.4 is 11.1 Å². The van der Waals surface area contributed by atoms with E-state index in [1.807, 2.05) is 7.05 Å². The number of primary amides is 1. The predicted octanol–water partition coefficient (Wildman–Crippen LogP) is 1.12. The lowest BCUT2D eigenvalue weighted by atomic mass is 9.77. The molecule has 0 aromatic heterocycles. The molecular weight excluding hydrogens is 266 g/mol. The van der Waals surface area contributed by atoms with E-state index >= 15 is 0 Å². The van der Waals surface area contributed by atoms with E-state index in [0.29, 0.717) is 12.1 Å². The number of methoxy groups -OCH3 is 1. The van der Waals surface area contributed by atoms with Crippen molar-refractivity contribution in [2.45, 2.75) is 63.1 Å². The van der Waals surface area contributed by atoms with Gasteiger partial charge in [-0.05, 0) is 58.4 Å². The number of carbonyl (C=O) groups excluding carboxylic acids is 1. The van der Waals surface area contributed by atoms with Crippen LogP contribution in [0.2, 0.25) is 0 Å². The quantitative estimate of drug-likeness (QED) is 0.704. The van der Waals surface area contributed by atoms with Crippen LogP contribution in [0.1, 0.15) is 45.4 Å². The average Bonchev–Trinajstić information content (AvgIpc) is 3.32. The molecule has 2 aliphatic rings. The molecule has 5 nitrogen and oxygen atoms in total. The summed E-state index contributed by atoms with van der Waals surface area (Å²) in [6.45, 7) is 4.02. The van der Waals surface area contributed by atoms with Gasteiger partial charge in [-0.1, -0.05) is 0 Å². The molecule has 0 heterocycles. The van der Waals surface area contributed by atoms with Crippen LogP contribution in [0.15, 0.2) is 0 Å². The second-order valence-electron chi connectivity index (χ2n) is 6.76. The Morgan fingerprint density at radius 2 is 2.19 bits per heavy atom. The summed E-state index contributed by atoms with van der Waals surface area (Å²) in [6.07, 6.45) is 6.55. The first-order valence-electron chi connectivity index (χ1n) is 8.27. The van der Waals surface area contributed by atoms with E-state index in [1.54, 1.807) is 7.11 Å². The molecule has 0 aromatic rings. The molecule has 3 atom stereocenters. The molecule has 0 radical (unpaired) electrons. The summed E-state index contributed by atoms with van der Waals surface area (Å²) in [5.41, 5.74) is 5.15. The van der Waals surface area contributed by atoms with Crippen LogP contribution in [0.25, 0.3) is 0 Å². The molecule has 2 aliphatic carbocycles. The van der Waals surface area contributed by atoms with E-state index in [0.717, 1.165) is 44.8 Å². The third-order valence-corrected chi connectivity index (χ3v) is 5.53. The van der Waals surface area contributed by atoms with E-state index in [4.69, 9.17) is 10.5 Å². The highest BCUT2D eigenvalue weighted by Gasteiger charge is 2.44. The lowest BCUT2D eigenvalue weighted by molar-refractivity contribution is -0.126. The number of rotatable bonds is 8. The molecule has 0 spiro atoms. The number of nitrogens with zero attached hydrogens (tertiary/aromatic N) is 1. The van der Waals surface area contributed by atoms with Gasteiger partial charge in [-0.3, -0.25) is 9.69 Å². The molecule has 0 bridgehead atoms. The minimum atomic E-state index is -0.530. The summed E-state index contributed by atoms with van der Waals surface area (Å²) in [5, 5.41) is 3.21. The topological polar surface area (TPSA) is 67.6 Å². The van der Waals surface area contributed by atoms with Gasteiger partial charge in [-0.15, -0.1) is 0 Å². The molecule has 3 N–H and O–H groups in total. The fraction of sp³-hybridized carbons (Fsp3) is 0.938. The zero-order valence-corrected chi connectivity index (χ0v) is 13.7. The summed E-state index contributed by atoms with van der Waals surface area (Å²) < 4.78 is 5.29. The molecule has 21 heavy (non-hydrogen) atoms. The van der Waals surface area contributed by atoms with E-state index in [9.17, 15) is 4.79 Å². The van der Waals surface area contributed by atoms with Crippen LogP contribution in [-0.2, 0) is 9.53 Å². The van der Waals surface area contributed by atoms with Crippen LogP contribution in [0.4, 0.5) is 0 Å². The standard InChI is InChI=1S/C16H31N3O2/c1-12(13-6-7-13)19(9-10-21-3)14-5-4-8-16(11-14,18-2)15(17)20/h12-14,18H,4-11H2,1-3H3,(H2,17,20). The van der Waals surface area contributed by atoms with Crippen LogP contribution >= 0.6 is 0 Å². The van der Waals surface area contributed by atoms with Crippen LogP contribution in [0.5, 0.6) is 0 Å². The first kappa shape index (κ1) is 16.7. The van der Waals surface area contributed by atoms with Gasteiger partial charge in [-0.2, -0.15) is 0 Å². The van der Waals surface area contributed by atoms with Crippen LogP contribution in [0.3, 0.4) is 0 Å². The number of ether oxygens (including phenoxy) is 1. The van der Waals surface area contributed by atoms with Crippen molar-refractivity contribution >= 4 is 5.91 Å². The van der Waals surface area contributed by atoms with Crippen molar-refractivity contribution in [2.75, 3.05) is 27.3 Å². The Morgan fingerprint density at radius 3 is 2.71 bits per heavy atom. The monoisotopic (exact) mass is 297 g/mol. The second kappa shape index (κ2) is 7.07. The number of carbonyl (C=O) groups is 1. The van der Waals surface area contributed by atoms with E-state index in [-0.39, 0.29) is 5.91 Å². The summed E-state index contributed by atoms with van der Waals surface area (Å²) >= 11 is 0. The summed E-state index contributed by atoms with van der Waals surface area (Å²) in [5.74, 6) is 0.613. The molecule has 2 fully saturated rings. The highest BCUT2D eigenvalue weighted by atomic mass is 16.5. The highest BCUT2D eigenvalue weighted by molar-refractivity contribution is 5.84. The zero-order valence-electron chi connectivity index (χ0n) is 13.7. The maximum Gasteiger partial charge on any atom is 0.237 e. The zero-order chi connectivity index (χ0) is 15.5. The summed E-state index contributed by atoms with van der Waals surface area (Å²) in [4.78, 5) is 14.5. The van der Waals surface area contributed by atoms with Gasteiger partial charge in [-0.25, -0.2) is 0 Å². The minimum Gasteiger partial charge on any atom is -0.383 e. The number of likely N-dealkylation sites (N-methyl/N-ethyl adjacent to an activating group) is 1. The van der Waals surface area contributed by atoms with Crippen molar-refractivity contribution in [1.29, 1.82) is 0 Å². The number of hydrogen-bond donors (Lipinski definition) is 2. The van der Waals surface area contributed by atoms with Crippen molar-refractivity contribution in [2.24, 2.45) is 11.7 Å². The Labute approximate surface area is 128 Å². The van der Waals surface area contributed by atoms with Gasteiger partial charge in [0, 0.05) is 25.7 Å². The minimum absolute atomic E-state index is 0.208. The number of amides is 1. The Kier molecular flexibility index (Phi) is 5.63. The molecular formula is C16H31N3O2. The number of hydrogen-bond acceptors (Lipinski definition) is 4. The first-order valence-corrected chi connectivity index (χ1v) is 8.27. The Balaban J connectivity index is 2.08. The van der Waals surface area contributed by atoms with Crippen molar-refractivity contribution in [1.82, 2.24) is 10.2 Å². The summed E-state index contributed by atoms with van der Waals surface area (Å²) in [6, 6.07) is 0.995. The van der Waals surface area contributed by atoms with Gasteiger partial charge in [0.05, 0.1) is 12.1 Å². The molecule has 3 unspecified atom stereocenters. The third kappa shape index (κ3) is 3.76. The lowest BCUT2D eigenvalue weighted by Crippen LogP contribution is -2.60. The SMILES string of the molecule is CNC1(C(N)=O)CCCC(N(CCOC)C(C)C2CC2)C1. The number of nitrogens with one attached hydrogen (secondary N) is 1. The first-order chi connectivity index (χ1) is 10.0. The van der Waals surface area contributed by atoms with Crippen molar-refractivity contribution in [3.63, 3.8) is 0 Å². The molecule has 5 heteroatoms. The van der Waals surface area contributed by atoms with Gasteiger partial charge < -0.3 is 15.8 Å². The fourth-order valence-electron chi connectivity index (χ4n) is 3.87. The van der Waals surface area contributed by atoms with E-state index in [2.05, 4.69) is 17.1 Å². The van der Waals surface area contributed by atoms with E-state index < -0.39 is 5.54 Å². The van der Waals surface area contributed by atoms with Gasteiger partial charge in [0.1, 0.15) is 0 Å². The van der Waals surface area contributed by atoms with Crippen LogP contribution in [0, 0.1) is 5.92 Å². The molecule has 0 aliphatic heterocycles. The van der Waals surface area contributed by atoms with Crippen molar-refractivity contribution in [3.8, 4) is 0 Å². The molecule has 2 rings (SSSR count). The second-order valence-corrected chi connectivity index (χ2v) is 6.76. The Bertz CT molecular complexity index is 359. The van der Waals surface area contributed by atoms with Gasteiger partial charge in [0.2, 0.25) is 5.91 Å². The maximum absolute atomic E-state index is 11.9. The van der Waals surface area contributed by atoms with Crippen molar-refractivity contribution in [3.05, 3.63) is 0 Å². The van der Waals surface area contributed by atoms with E-state index in [1.165, 1.54) is 12.8 Å². The fourth-order valence-corrected chi connectivity index (χ4v) is 3.87. The Hall–Kier alpha value is -0.650. The maximum atomic E-state index is 11.9. The smallest absolute Gasteiger partial charge is 0.237 e. The van der Waals surface area contributed by atoms with Gasteiger partial charge in [0.15, 0.2) is 0 Å². The normalized spacial score (nSPS) is 31.3. The molecule has 2 saturated carbocycles. The van der Waals surface area contributed by atoms with Gasteiger partial charge in [0.25, 0.3) is 0 Å². The largest absolute Gasteiger partial charge is 0.383 e. The average molecular weight is 297 g/mol. The van der Waals surface area contributed by atoms with Crippen molar-refractivity contribution < 1.29 is 9.53 Å². The summed E-state index contributed by atoms with van der Waals surface area (Å²) in [7, 11) is 3.61. The highest BCUT2D eigenvalue weighted by Crippen LogP contribution is 2.39. The molecule has 1 amide bonds. The van der Waals surface area contributed by atoms with Crippen LogP contribution in [-0.4, -0.2) is 55.7 Å². The molecule has 122 valence electrons. The predicted molar refractivity (Wildman–Crippen MR) is 84.0 cm³/mol. The lowest BCUT2D eigenvalue weighted by Gasteiger charge is -2.45. The number of nitrogens with two attached hydrogens (primary N) is 1. The molecule has 0 saturated heterocycles. The molecule has 0 aromatic carbocycles. The Morgan fingerprint density at radius 1 is 1.48 bits per heavy atom. The third-order valence-electron chi connectivity index (χ3n) is 5.53.